The third-order valence-corrected chi connectivity index (χ3v) is 4.03. The van der Waals surface area contributed by atoms with E-state index in [-0.39, 0.29) is 5.91 Å². The number of benzene rings is 3. The van der Waals surface area contributed by atoms with E-state index in [1.54, 1.807) is 48.5 Å². The molecular weight excluding hydrogens is 362 g/mol. The van der Waals surface area contributed by atoms with Gasteiger partial charge < -0.3 is 16.0 Å². The first kappa shape index (κ1) is 18.5. The second-order valence-corrected chi connectivity index (χ2v) is 6.27. The van der Waals surface area contributed by atoms with E-state index < -0.39 is 6.03 Å². The summed E-state index contributed by atoms with van der Waals surface area (Å²) >= 11 is 5.82. The average Bonchev–Trinajstić information content (AvgIpc) is 2.69. The highest BCUT2D eigenvalue weighted by atomic mass is 35.5. The Hall–Kier alpha value is -3.31. The molecule has 0 bridgehead atoms. The van der Waals surface area contributed by atoms with Gasteiger partial charge >= 0.3 is 6.03 Å². The molecule has 6 heteroatoms. The predicted octanol–water partition coefficient (Wildman–Crippen LogP) is 4.91. The molecule has 3 amide bonds. The third kappa shape index (κ3) is 5.59. The number of hydrogen-bond donors (Lipinski definition) is 3. The summed E-state index contributed by atoms with van der Waals surface area (Å²) in [6.45, 7) is 0.439. The van der Waals surface area contributed by atoms with Crippen LogP contribution in [0.2, 0.25) is 5.02 Å². The van der Waals surface area contributed by atoms with Crippen LogP contribution in [0.15, 0.2) is 78.9 Å². The molecule has 5 nitrogen and oxygen atoms in total. The highest BCUT2D eigenvalue weighted by Crippen LogP contribution is 2.15. The van der Waals surface area contributed by atoms with E-state index in [1.165, 1.54) is 0 Å². The zero-order valence-corrected chi connectivity index (χ0v) is 15.2. The molecule has 136 valence electrons. The van der Waals surface area contributed by atoms with Gasteiger partial charge in [0.2, 0.25) is 0 Å². The van der Waals surface area contributed by atoms with Crippen molar-refractivity contribution in [1.29, 1.82) is 0 Å². The molecular formula is C21H18ClN3O2. The van der Waals surface area contributed by atoms with E-state index in [1.807, 2.05) is 30.3 Å². The molecule has 0 saturated heterocycles. The molecule has 3 aromatic carbocycles. The highest BCUT2D eigenvalue weighted by Gasteiger charge is 2.08. The maximum Gasteiger partial charge on any atom is 0.323 e. The molecule has 0 spiro atoms. The van der Waals surface area contributed by atoms with E-state index in [0.29, 0.717) is 28.5 Å². The van der Waals surface area contributed by atoms with Crippen LogP contribution in [0, 0.1) is 0 Å². The second-order valence-electron chi connectivity index (χ2n) is 5.84. The van der Waals surface area contributed by atoms with Gasteiger partial charge in [0.15, 0.2) is 0 Å². The van der Waals surface area contributed by atoms with Crippen LogP contribution in [0.5, 0.6) is 0 Å². The Kier molecular flexibility index (Phi) is 6.07. The van der Waals surface area contributed by atoms with Crippen molar-refractivity contribution in [1.82, 2.24) is 5.32 Å². The molecule has 0 aliphatic carbocycles. The summed E-state index contributed by atoms with van der Waals surface area (Å²) in [7, 11) is 0. The number of urea groups is 1. The summed E-state index contributed by atoms with van der Waals surface area (Å²) in [5.74, 6) is -0.208. The first-order valence-electron chi connectivity index (χ1n) is 8.36. The molecule has 0 heterocycles. The van der Waals surface area contributed by atoms with Crippen molar-refractivity contribution >= 4 is 34.9 Å². The van der Waals surface area contributed by atoms with Crippen LogP contribution in [0.4, 0.5) is 16.2 Å². The standard InChI is InChI=1S/C21H18ClN3O2/c22-17-9-11-18(12-10-17)24-21(27)25-19-8-4-7-16(13-19)20(26)23-14-15-5-2-1-3-6-15/h1-13H,14H2,(H,23,26)(H2,24,25,27). The molecule has 3 N–H and O–H groups in total. The van der Waals surface area contributed by atoms with Crippen molar-refractivity contribution in [2.75, 3.05) is 10.6 Å². The first-order chi connectivity index (χ1) is 13.1. The number of amides is 3. The average molecular weight is 380 g/mol. The largest absolute Gasteiger partial charge is 0.348 e. The Bertz CT molecular complexity index is 928. The van der Waals surface area contributed by atoms with Crippen molar-refractivity contribution < 1.29 is 9.59 Å². The molecule has 0 unspecified atom stereocenters. The fourth-order valence-electron chi connectivity index (χ4n) is 2.45. The number of anilines is 2. The van der Waals surface area contributed by atoms with Gasteiger partial charge in [0.25, 0.3) is 5.91 Å². The number of halogens is 1. The van der Waals surface area contributed by atoms with E-state index in [9.17, 15) is 9.59 Å². The van der Waals surface area contributed by atoms with Gasteiger partial charge in [0.05, 0.1) is 0 Å². The minimum Gasteiger partial charge on any atom is -0.348 e. The molecule has 27 heavy (non-hydrogen) atoms. The van der Waals surface area contributed by atoms with Gasteiger partial charge in [0.1, 0.15) is 0 Å². The normalized spacial score (nSPS) is 10.1. The topological polar surface area (TPSA) is 70.2 Å². The quantitative estimate of drug-likeness (QED) is 0.589. The van der Waals surface area contributed by atoms with E-state index in [0.717, 1.165) is 5.56 Å². The van der Waals surface area contributed by atoms with Crippen molar-refractivity contribution in [3.63, 3.8) is 0 Å². The fourth-order valence-corrected chi connectivity index (χ4v) is 2.57. The van der Waals surface area contributed by atoms with Gasteiger partial charge in [-0.1, -0.05) is 48.0 Å². The second kappa shape index (κ2) is 8.87. The smallest absolute Gasteiger partial charge is 0.323 e. The van der Waals surface area contributed by atoms with Crippen LogP contribution in [-0.2, 0) is 6.54 Å². The Balaban J connectivity index is 1.58. The van der Waals surface area contributed by atoms with Crippen LogP contribution < -0.4 is 16.0 Å². The molecule has 3 aromatic rings. The molecule has 0 aliphatic rings. The van der Waals surface area contributed by atoms with E-state index in [4.69, 9.17) is 11.6 Å². The molecule has 0 atom stereocenters. The van der Waals surface area contributed by atoms with Crippen LogP contribution in [0.1, 0.15) is 15.9 Å². The molecule has 0 radical (unpaired) electrons. The molecule has 0 fully saturated rings. The van der Waals surface area contributed by atoms with Crippen LogP contribution in [0.25, 0.3) is 0 Å². The van der Waals surface area contributed by atoms with Gasteiger partial charge in [-0.3, -0.25) is 4.79 Å². The number of nitrogens with one attached hydrogen (secondary N) is 3. The lowest BCUT2D eigenvalue weighted by Crippen LogP contribution is -2.23. The lowest BCUT2D eigenvalue weighted by atomic mass is 10.1. The van der Waals surface area contributed by atoms with Crippen molar-refractivity contribution in [2.45, 2.75) is 6.54 Å². The highest BCUT2D eigenvalue weighted by molar-refractivity contribution is 6.30. The third-order valence-electron chi connectivity index (χ3n) is 3.78. The number of rotatable bonds is 5. The summed E-state index contributed by atoms with van der Waals surface area (Å²) in [6, 6.07) is 22.8. The van der Waals surface area contributed by atoms with Crippen molar-refractivity contribution in [3.8, 4) is 0 Å². The minimum absolute atomic E-state index is 0.208. The molecule has 0 aliphatic heterocycles. The van der Waals surface area contributed by atoms with Gasteiger partial charge in [0, 0.05) is 28.5 Å². The Morgan fingerprint density at radius 3 is 2.22 bits per heavy atom. The van der Waals surface area contributed by atoms with Gasteiger partial charge in [-0.2, -0.15) is 0 Å². The van der Waals surface area contributed by atoms with Crippen LogP contribution in [-0.4, -0.2) is 11.9 Å². The Morgan fingerprint density at radius 1 is 0.778 bits per heavy atom. The summed E-state index contributed by atoms with van der Waals surface area (Å²) in [6.07, 6.45) is 0. The maximum atomic E-state index is 12.3. The summed E-state index contributed by atoms with van der Waals surface area (Å²) in [5.41, 5.74) is 2.63. The maximum absolute atomic E-state index is 12.3. The monoisotopic (exact) mass is 379 g/mol. The van der Waals surface area contributed by atoms with E-state index in [2.05, 4.69) is 16.0 Å². The predicted molar refractivity (Wildman–Crippen MR) is 108 cm³/mol. The number of carbonyl (C=O) groups excluding carboxylic acids is 2. The van der Waals surface area contributed by atoms with Gasteiger partial charge in [-0.05, 0) is 48.0 Å². The molecule has 3 rings (SSSR count). The minimum atomic E-state index is -0.404. The fraction of sp³-hybridized carbons (Fsp3) is 0.0476. The van der Waals surface area contributed by atoms with E-state index >= 15 is 0 Å². The summed E-state index contributed by atoms with van der Waals surface area (Å²) in [5, 5.41) is 8.87. The Morgan fingerprint density at radius 2 is 1.48 bits per heavy atom. The van der Waals surface area contributed by atoms with Crippen molar-refractivity contribution in [2.24, 2.45) is 0 Å². The van der Waals surface area contributed by atoms with Crippen LogP contribution >= 0.6 is 11.6 Å². The van der Waals surface area contributed by atoms with Gasteiger partial charge in [-0.25, -0.2) is 4.79 Å². The molecule has 0 saturated carbocycles. The number of carbonyl (C=O) groups is 2. The lowest BCUT2D eigenvalue weighted by Gasteiger charge is -2.10. The summed E-state index contributed by atoms with van der Waals surface area (Å²) in [4.78, 5) is 24.4. The van der Waals surface area contributed by atoms with Crippen LogP contribution in [0.3, 0.4) is 0 Å². The zero-order valence-electron chi connectivity index (χ0n) is 14.4. The zero-order chi connectivity index (χ0) is 19.1. The first-order valence-corrected chi connectivity index (χ1v) is 8.74. The van der Waals surface area contributed by atoms with Crippen molar-refractivity contribution in [3.05, 3.63) is 95.0 Å². The lowest BCUT2D eigenvalue weighted by molar-refractivity contribution is 0.0951. The number of hydrogen-bond acceptors (Lipinski definition) is 2. The Labute approximate surface area is 162 Å². The molecule has 0 aromatic heterocycles. The van der Waals surface area contributed by atoms with Gasteiger partial charge in [-0.15, -0.1) is 0 Å². The summed E-state index contributed by atoms with van der Waals surface area (Å²) < 4.78 is 0. The SMILES string of the molecule is O=C(Nc1ccc(Cl)cc1)Nc1cccc(C(=O)NCc2ccccc2)c1.